The Morgan fingerprint density at radius 3 is 1.49 bits per heavy atom. The maximum atomic E-state index is 12.1. The highest BCUT2D eigenvalue weighted by molar-refractivity contribution is 5.73. The minimum Gasteiger partial charge on any atom is -0.479 e. The number of hydrogen-bond acceptors (Lipinski definition) is 19. The van der Waals surface area contributed by atoms with E-state index in [0.717, 1.165) is 0 Å². The molecule has 0 radical (unpaired) electrons. The van der Waals surface area contributed by atoms with Gasteiger partial charge >= 0.3 is 5.97 Å². The summed E-state index contributed by atoms with van der Waals surface area (Å²) in [6.07, 6.45) is -20.0. The molecule has 0 aromatic heterocycles. The molecule has 0 bridgehead atoms. The fraction of sp³-hybridized carbons (Fsp3) is 0.970. The second kappa shape index (κ2) is 20.3. The predicted octanol–water partition coefficient (Wildman–Crippen LogP) is -5.64. The van der Waals surface area contributed by atoms with Crippen molar-refractivity contribution in [3.8, 4) is 0 Å². The van der Waals surface area contributed by atoms with E-state index in [0.29, 0.717) is 6.42 Å². The van der Waals surface area contributed by atoms with Gasteiger partial charge in [-0.15, -0.1) is 0 Å². The smallest absolute Gasteiger partial charge is 0.333 e. The molecule has 11 N–H and O–H groups in total. The van der Waals surface area contributed by atoms with Gasteiger partial charge in [0.05, 0.1) is 89.5 Å². The van der Waals surface area contributed by atoms with E-state index < -0.39 is 154 Å². The molecular weight excluding hydrogens is 716 g/mol. The summed E-state index contributed by atoms with van der Waals surface area (Å²) in [5, 5.41) is 114. The van der Waals surface area contributed by atoms with Crippen LogP contribution in [0.3, 0.4) is 0 Å². The molecule has 0 spiro atoms. The van der Waals surface area contributed by atoms with Crippen molar-refractivity contribution in [1.82, 2.24) is 0 Å². The normalized spacial score (nSPS) is 46.7. The van der Waals surface area contributed by atoms with Gasteiger partial charge in [-0.05, 0) is 13.3 Å². The van der Waals surface area contributed by atoms with Crippen LogP contribution < -0.4 is 0 Å². The van der Waals surface area contributed by atoms with Gasteiger partial charge in [-0.3, -0.25) is 0 Å². The average molecular weight is 775 g/mol. The van der Waals surface area contributed by atoms with Crippen LogP contribution in [-0.2, 0) is 42.7 Å². The molecule has 20 nitrogen and oxygen atoms in total. The highest BCUT2D eigenvalue weighted by Crippen LogP contribution is 2.32. The molecule has 0 amide bonds. The van der Waals surface area contributed by atoms with Crippen molar-refractivity contribution in [1.29, 1.82) is 0 Å². The summed E-state index contributed by atoms with van der Waals surface area (Å²) < 4.78 is 44.7. The first-order valence-electron chi connectivity index (χ1n) is 18.0. The Kier molecular flexibility index (Phi) is 17.0. The van der Waals surface area contributed by atoms with Gasteiger partial charge in [-0.25, -0.2) is 4.79 Å². The lowest BCUT2D eigenvalue weighted by molar-refractivity contribution is -0.253. The molecule has 4 fully saturated rings. The molecule has 0 aromatic rings. The molecule has 0 aliphatic carbocycles. The predicted molar refractivity (Wildman–Crippen MR) is 174 cm³/mol. The van der Waals surface area contributed by atoms with Crippen LogP contribution in [0.1, 0.15) is 20.3 Å². The third-order valence-corrected chi connectivity index (χ3v) is 10.9. The molecule has 4 aliphatic rings. The molecule has 4 rings (SSSR count). The molecule has 310 valence electrons. The van der Waals surface area contributed by atoms with Crippen molar-refractivity contribution in [3.05, 3.63) is 0 Å². The van der Waals surface area contributed by atoms with Crippen LogP contribution in [0.15, 0.2) is 0 Å². The summed E-state index contributed by atoms with van der Waals surface area (Å²) in [6, 6.07) is 0. The zero-order chi connectivity index (χ0) is 39.1. The molecule has 4 saturated heterocycles. The van der Waals surface area contributed by atoms with Gasteiger partial charge in [0.1, 0.15) is 61.0 Å². The van der Waals surface area contributed by atoms with Crippen molar-refractivity contribution < 1.29 is 98.9 Å². The summed E-state index contributed by atoms with van der Waals surface area (Å²) in [7, 11) is 1.26. The van der Waals surface area contributed by atoms with E-state index in [9.17, 15) is 61.0 Å². The lowest BCUT2D eigenvalue weighted by Gasteiger charge is -2.44. The van der Waals surface area contributed by atoms with E-state index in [1.165, 1.54) is 7.11 Å². The van der Waals surface area contributed by atoms with Gasteiger partial charge in [-0.2, -0.15) is 0 Å². The molecule has 20 heteroatoms. The third-order valence-electron chi connectivity index (χ3n) is 10.9. The first-order valence-corrected chi connectivity index (χ1v) is 18.0. The minimum atomic E-state index is -1.67. The maximum Gasteiger partial charge on any atom is 0.333 e. The van der Waals surface area contributed by atoms with Crippen LogP contribution in [-0.4, -0.2) is 226 Å². The number of aliphatic hydroxyl groups is 10. The SMILES string of the molecule is CC[C@@H]1OC(C)[C@H](COC[C@@H]2OC(CO)[C@@H](COC[C@@H]3OC(C(=O)O)[C@@H](COC[C@@H]4OC(CO)[C@@H](O)[C@@H](OC)C4O)[C@@H](O)C3O)[C@@H](O)C2O)[C@H](O)C1O. The summed E-state index contributed by atoms with van der Waals surface area (Å²) >= 11 is 0. The maximum absolute atomic E-state index is 12.1. The zero-order valence-corrected chi connectivity index (χ0v) is 30.0. The Balaban J connectivity index is 1.26. The van der Waals surface area contributed by atoms with Crippen LogP contribution in [0.4, 0.5) is 0 Å². The number of aliphatic hydroxyl groups excluding tert-OH is 10. The van der Waals surface area contributed by atoms with E-state index in [4.69, 9.17) is 37.9 Å². The Bertz CT molecular complexity index is 1100. The van der Waals surface area contributed by atoms with Gasteiger partial charge in [-0.1, -0.05) is 6.92 Å². The highest BCUT2D eigenvalue weighted by Gasteiger charge is 2.50. The van der Waals surface area contributed by atoms with Gasteiger partial charge < -0.3 is 94.1 Å². The van der Waals surface area contributed by atoms with Crippen LogP contribution in [0, 0.1) is 17.8 Å². The molecule has 20 atom stereocenters. The number of ether oxygens (including phenoxy) is 8. The molecule has 8 unspecified atom stereocenters. The number of aliphatic carboxylic acids is 1. The van der Waals surface area contributed by atoms with Crippen LogP contribution in [0.2, 0.25) is 0 Å². The zero-order valence-electron chi connectivity index (χ0n) is 30.0. The molecule has 0 saturated carbocycles. The van der Waals surface area contributed by atoms with Crippen molar-refractivity contribution in [2.45, 2.75) is 124 Å². The summed E-state index contributed by atoms with van der Waals surface area (Å²) in [4.78, 5) is 12.1. The first kappa shape index (κ1) is 44.5. The van der Waals surface area contributed by atoms with Gasteiger partial charge in [0.2, 0.25) is 0 Å². The minimum absolute atomic E-state index is 0.0440. The number of hydrogen-bond donors (Lipinski definition) is 11. The Labute approximate surface area is 306 Å². The Morgan fingerprint density at radius 1 is 0.528 bits per heavy atom. The number of carboxylic acids is 1. The third kappa shape index (κ3) is 10.2. The van der Waals surface area contributed by atoms with E-state index in [1.807, 2.05) is 6.92 Å². The summed E-state index contributed by atoms with van der Waals surface area (Å²) in [5.74, 6) is -4.31. The fourth-order valence-corrected chi connectivity index (χ4v) is 7.53. The molecule has 0 aromatic carbocycles. The number of methoxy groups -OCH3 is 1. The fourth-order valence-electron chi connectivity index (χ4n) is 7.53. The van der Waals surface area contributed by atoms with Crippen molar-refractivity contribution in [2.75, 3.05) is 60.0 Å². The van der Waals surface area contributed by atoms with Crippen molar-refractivity contribution in [3.63, 3.8) is 0 Å². The van der Waals surface area contributed by atoms with Crippen LogP contribution >= 0.6 is 0 Å². The summed E-state index contributed by atoms with van der Waals surface area (Å²) in [6.45, 7) is 0.569. The summed E-state index contributed by atoms with van der Waals surface area (Å²) in [5.41, 5.74) is 0. The van der Waals surface area contributed by atoms with Gasteiger partial charge in [0.15, 0.2) is 6.10 Å². The molecular formula is C33H58O20. The highest BCUT2D eigenvalue weighted by atomic mass is 16.6. The Morgan fingerprint density at radius 2 is 0.962 bits per heavy atom. The number of carboxylic acid groups (broad SMARTS) is 1. The topological polar surface area (TPSA) is 313 Å². The quantitative estimate of drug-likeness (QED) is 0.0656. The van der Waals surface area contributed by atoms with Gasteiger partial charge in [0, 0.05) is 24.9 Å². The number of carbonyl (C=O) groups is 1. The van der Waals surface area contributed by atoms with E-state index in [2.05, 4.69) is 0 Å². The second-order valence-corrected chi connectivity index (χ2v) is 14.2. The van der Waals surface area contributed by atoms with Crippen molar-refractivity contribution >= 4 is 5.97 Å². The first-order chi connectivity index (χ1) is 25.2. The standard InChI is InChI=1S/C33H58O20/c1-4-17-26(39)23(36)14(13(2)50-17)7-47-10-20-27(40)24(37)15(18(5-34)51-20)8-48-11-21-28(41)25(38)16(31(53-21)33(44)45)9-49-12-22-30(43)32(46-3)29(42)19(6-35)52-22/h13-32,34-43H,4-12H2,1-3H3,(H,44,45)/t13?,14-,15+,16-,17-,18?,19?,20-,21-,22-,23-,24+,25+,26?,27?,28?,29+,30?,31?,32+/m0/s1. The van der Waals surface area contributed by atoms with Crippen molar-refractivity contribution in [2.24, 2.45) is 17.8 Å². The van der Waals surface area contributed by atoms with Crippen LogP contribution in [0.5, 0.6) is 0 Å². The van der Waals surface area contributed by atoms with E-state index in [-0.39, 0.29) is 26.4 Å². The molecule has 53 heavy (non-hydrogen) atoms. The lowest BCUT2D eigenvalue weighted by atomic mass is 9.86. The van der Waals surface area contributed by atoms with E-state index in [1.54, 1.807) is 6.92 Å². The molecule has 4 aliphatic heterocycles. The van der Waals surface area contributed by atoms with Crippen LogP contribution in [0.25, 0.3) is 0 Å². The monoisotopic (exact) mass is 774 g/mol. The second-order valence-electron chi connectivity index (χ2n) is 14.2. The number of rotatable bonds is 17. The average Bonchev–Trinajstić information content (AvgIpc) is 3.13. The van der Waals surface area contributed by atoms with E-state index >= 15 is 0 Å². The van der Waals surface area contributed by atoms with Gasteiger partial charge in [0.25, 0.3) is 0 Å². The molecule has 4 heterocycles. The Hall–Kier alpha value is -1.25. The largest absolute Gasteiger partial charge is 0.479 e. The lowest BCUT2D eigenvalue weighted by Crippen LogP contribution is -2.61.